The van der Waals surface area contributed by atoms with Crippen LogP contribution in [-0.4, -0.2) is 20.0 Å². The fraction of sp³-hybridized carbons (Fsp3) is 0.619. The Morgan fingerprint density at radius 1 is 1.29 bits per heavy atom. The lowest BCUT2D eigenvalue weighted by Crippen LogP contribution is -2.41. The first-order valence-corrected chi connectivity index (χ1v) is 11.9. The number of fused-ring (bicyclic) bond motifs is 1. The molecule has 1 aromatic carbocycles. The summed E-state index contributed by atoms with van der Waals surface area (Å²) in [5.41, 5.74) is 5.76. The topological polar surface area (TPSA) is 29.5 Å². The van der Waals surface area contributed by atoms with Crippen molar-refractivity contribution in [2.75, 3.05) is 6.61 Å². The summed E-state index contributed by atoms with van der Waals surface area (Å²) in [6, 6.07) is 5.69. The predicted octanol–water partition coefficient (Wildman–Crippen LogP) is 5.56. The maximum Gasteiger partial charge on any atom is 0.192 e. The Bertz CT molecular complexity index is 610. The molecule has 0 saturated heterocycles. The van der Waals surface area contributed by atoms with Crippen molar-refractivity contribution in [3.63, 3.8) is 0 Å². The molecular formula is C21H34O2Si. The van der Waals surface area contributed by atoms with Crippen LogP contribution in [0.1, 0.15) is 61.6 Å². The highest BCUT2D eigenvalue weighted by molar-refractivity contribution is 6.73. The number of hydrogen-bond acceptors (Lipinski definition) is 2. The first-order valence-electron chi connectivity index (χ1n) is 9.35. The van der Waals surface area contributed by atoms with Gasteiger partial charge in [0.05, 0.1) is 6.10 Å². The maximum atomic E-state index is 11.1. The molecule has 0 fully saturated rings. The molecule has 0 amide bonds. The van der Waals surface area contributed by atoms with Gasteiger partial charge >= 0.3 is 0 Å². The minimum atomic E-state index is -1.63. The molecular weight excluding hydrogens is 312 g/mol. The highest BCUT2D eigenvalue weighted by Gasteiger charge is 2.44. The normalized spacial score (nSPS) is 23.4. The van der Waals surface area contributed by atoms with Crippen molar-refractivity contribution in [1.82, 2.24) is 0 Å². The molecule has 1 aromatic rings. The summed E-state index contributed by atoms with van der Waals surface area (Å²) in [5, 5.41) is 11.1. The third kappa shape index (κ3) is 3.14. The monoisotopic (exact) mass is 346 g/mol. The fourth-order valence-corrected chi connectivity index (χ4v) is 7.07. The van der Waals surface area contributed by atoms with Gasteiger partial charge in [0.1, 0.15) is 0 Å². The molecule has 0 bridgehead atoms. The number of aliphatic hydroxyl groups is 1. The van der Waals surface area contributed by atoms with Crippen LogP contribution in [0.2, 0.25) is 18.1 Å². The molecule has 0 radical (unpaired) electrons. The van der Waals surface area contributed by atoms with E-state index in [0.717, 1.165) is 35.7 Å². The van der Waals surface area contributed by atoms with Gasteiger partial charge in [-0.25, -0.2) is 0 Å². The van der Waals surface area contributed by atoms with E-state index in [1.807, 2.05) is 6.08 Å². The van der Waals surface area contributed by atoms with E-state index >= 15 is 0 Å². The van der Waals surface area contributed by atoms with Gasteiger partial charge in [0, 0.05) is 12.0 Å². The second kappa shape index (κ2) is 7.15. The molecule has 0 saturated carbocycles. The van der Waals surface area contributed by atoms with Gasteiger partial charge in [-0.1, -0.05) is 46.4 Å². The summed E-state index contributed by atoms with van der Waals surface area (Å²) in [4.78, 5) is 0. The Morgan fingerprint density at radius 2 is 1.88 bits per heavy atom. The van der Waals surface area contributed by atoms with E-state index in [4.69, 9.17) is 4.43 Å². The maximum absolute atomic E-state index is 11.1. The van der Waals surface area contributed by atoms with E-state index in [2.05, 4.69) is 54.2 Å². The molecule has 1 aliphatic carbocycles. The van der Waals surface area contributed by atoms with Gasteiger partial charge < -0.3 is 9.53 Å². The average molecular weight is 347 g/mol. The van der Waals surface area contributed by atoms with Crippen molar-refractivity contribution in [2.45, 2.75) is 72.2 Å². The molecule has 0 heterocycles. The zero-order valence-corrected chi connectivity index (χ0v) is 17.3. The summed E-state index contributed by atoms with van der Waals surface area (Å²) in [6.07, 6.45) is 2.35. The first kappa shape index (κ1) is 19.4. The molecule has 2 nitrogen and oxygen atoms in total. The van der Waals surface area contributed by atoms with E-state index in [-0.39, 0.29) is 5.41 Å². The van der Waals surface area contributed by atoms with Crippen molar-refractivity contribution >= 4 is 14.4 Å². The summed E-state index contributed by atoms with van der Waals surface area (Å²) in [7, 11) is -1.63. The van der Waals surface area contributed by atoms with Gasteiger partial charge in [0.15, 0.2) is 8.32 Å². The third-order valence-electron chi connectivity index (χ3n) is 6.34. The van der Waals surface area contributed by atoms with Gasteiger partial charge in [-0.3, -0.25) is 0 Å². The van der Waals surface area contributed by atoms with E-state index in [1.54, 1.807) is 0 Å². The van der Waals surface area contributed by atoms with E-state index in [9.17, 15) is 5.11 Å². The van der Waals surface area contributed by atoms with Gasteiger partial charge in [0.25, 0.3) is 0 Å². The lowest BCUT2D eigenvalue weighted by molar-refractivity contribution is 0.0121. The quantitative estimate of drug-likeness (QED) is 0.655. The van der Waals surface area contributed by atoms with Crippen molar-refractivity contribution in [3.05, 3.63) is 40.5 Å². The molecule has 0 aliphatic heterocycles. The summed E-state index contributed by atoms with van der Waals surface area (Å²) in [6.45, 7) is 17.8. The third-order valence-corrected chi connectivity index (χ3v) is 11.0. The fourth-order valence-electron chi connectivity index (χ4n) is 4.32. The highest BCUT2D eigenvalue weighted by Crippen LogP contribution is 2.48. The van der Waals surface area contributed by atoms with Crippen molar-refractivity contribution in [2.24, 2.45) is 5.41 Å². The number of benzene rings is 1. The van der Waals surface area contributed by atoms with Crippen LogP contribution >= 0.6 is 0 Å². The number of hydrogen-bond donors (Lipinski definition) is 1. The zero-order valence-electron chi connectivity index (χ0n) is 16.3. The van der Waals surface area contributed by atoms with E-state index in [1.165, 1.54) is 16.7 Å². The van der Waals surface area contributed by atoms with Gasteiger partial charge in [-0.2, -0.15) is 0 Å². The Hall–Kier alpha value is -0.903. The largest absolute Gasteiger partial charge is 0.416 e. The molecule has 2 rings (SSSR count). The van der Waals surface area contributed by atoms with Crippen LogP contribution in [0.3, 0.4) is 0 Å². The van der Waals surface area contributed by atoms with Crippen molar-refractivity contribution in [1.29, 1.82) is 0 Å². The van der Waals surface area contributed by atoms with Crippen LogP contribution in [0.15, 0.2) is 12.6 Å². The van der Waals surface area contributed by atoms with Crippen molar-refractivity contribution < 1.29 is 9.53 Å². The molecule has 24 heavy (non-hydrogen) atoms. The average Bonchev–Trinajstić information content (AvgIpc) is 2.81. The molecule has 0 spiro atoms. The molecule has 0 aromatic heterocycles. The highest BCUT2D eigenvalue weighted by atomic mass is 28.4. The van der Waals surface area contributed by atoms with Gasteiger partial charge in [-0.05, 0) is 66.2 Å². The second-order valence-corrected chi connectivity index (χ2v) is 12.6. The molecule has 134 valence electrons. The SMILES string of the molecule is C=Cc1c(C)cc2c(c1C)C(O)C(C)(CO[Si](CC)(CC)CC)C2. The standard InChI is InChI=1S/C21H34O2Si/c1-8-18-15(5)12-17-13-21(7,20(22)19(17)16(18)6)14-23-24(9-2,10-3)11-4/h8,12,20,22H,1,9-11,13-14H2,2-7H3. The Kier molecular flexibility index (Phi) is 5.78. The second-order valence-electron chi connectivity index (χ2n) is 7.77. The van der Waals surface area contributed by atoms with Crippen LogP contribution in [0.4, 0.5) is 0 Å². The molecule has 1 aliphatic rings. The minimum absolute atomic E-state index is 0.225. The van der Waals surface area contributed by atoms with Gasteiger partial charge in [-0.15, -0.1) is 0 Å². The lowest BCUT2D eigenvalue weighted by atomic mass is 9.85. The zero-order chi connectivity index (χ0) is 18.1. The Labute approximate surface area is 149 Å². The summed E-state index contributed by atoms with van der Waals surface area (Å²) < 4.78 is 6.55. The Morgan fingerprint density at radius 3 is 2.38 bits per heavy atom. The lowest BCUT2D eigenvalue weighted by Gasteiger charge is -2.35. The first-order chi connectivity index (χ1) is 11.3. The Balaban J connectivity index is 2.31. The predicted molar refractivity (Wildman–Crippen MR) is 106 cm³/mol. The van der Waals surface area contributed by atoms with Crippen molar-refractivity contribution in [3.8, 4) is 0 Å². The number of aryl methyl sites for hydroxylation is 1. The number of rotatable bonds is 7. The van der Waals surface area contributed by atoms with E-state index in [0.29, 0.717) is 6.61 Å². The molecule has 1 N–H and O–H groups in total. The molecule has 2 atom stereocenters. The number of aliphatic hydroxyl groups excluding tert-OH is 1. The van der Waals surface area contributed by atoms with Crippen LogP contribution in [-0.2, 0) is 10.8 Å². The summed E-state index contributed by atoms with van der Waals surface area (Å²) >= 11 is 0. The summed E-state index contributed by atoms with van der Waals surface area (Å²) in [5.74, 6) is 0. The smallest absolute Gasteiger partial charge is 0.192 e. The van der Waals surface area contributed by atoms with Crippen LogP contribution in [0.5, 0.6) is 0 Å². The minimum Gasteiger partial charge on any atom is -0.416 e. The van der Waals surface area contributed by atoms with Crippen LogP contribution in [0.25, 0.3) is 6.08 Å². The molecule has 2 unspecified atom stereocenters. The molecule has 3 heteroatoms. The van der Waals surface area contributed by atoms with Gasteiger partial charge in [0.2, 0.25) is 0 Å². The van der Waals surface area contributed by atoms with Crippen LogP contribution < -0.4 is 0 Å². The van der Waals surface area contributed by atoms with E-state index < -0.39 is 14.4 Å². The van der Waals surface area contributed by atoms with Crippen LogP contribution in [0, 0.1) is 19.3 Å².